The molecule has 0 bridgehead atoms. The lowest BCUT2D eigenvalue weighted by Gasteiger charge is -2.13. The summed E-state index contributed by atoms with van der Waals surface area (Å²) in [6, 6.07) is 9.85. The maximum Gasteiger partial charge on any atom is 0.230 e. The molecule has 1 amide bonds. The molecule has 0 spiro atoms. The summed E-state index contributed by atoms with van der Waals surface area (Å²) in [4.78, 5) is 12.0. The van der Waals surface area contributed by atoms with Gasteiger partial charge < -0.3 is 5.32 Å². The van der Waals surface area contributed by atoms with E-state index in [0.717, 1.165) is 18.5 Å². The number of aromatic nitrogens is 4. The lowest BCUT2D eigenvalue weighted by atomic mass is 10.1. The summed E-state index contributed by atoms with van der Waals surface area (Å²) in [5, 5.41) is 15.3. The minimum absolute atomic E-state index is 0.0154. The van der Waals surface area contributed by atoms with Crippen molar-refractivity contribution < 1.29 is 4.79 Å². The van der Waals surface area contributed by atoms with Gasteiger partial charge in [0.1, 0.15) is 0 Å². The number of amides is 1. The first kappa shape index (κ1) is 17.5. The number of hydrogen-bond acceptors (Lipinski definition) is 5. The van der Waals surface area contributed by atoms with Gasteiger partial charge in [-0.2, -0.15) is 4.68 Å². The Bertz CT molecular complexity index is 602. The first-order valence-electron chi connectivity index (χ1n) is 7.96. The zero-order chi connectivity index (χ0) is 16.5. The highest BCUT2D eigenvalue weighted by Gasteiger charge is 2.12. The second-order valence-corrected chi connectivity index (χ2v) is 6.40. The Morgan fingerprint density at radius 2 is 2.09 bits per heavy atom. The molecule has 1 atom stereocenters. The smallest absolute Gasteiger partial charge is 0.230 e. The van der Waals surface area contributed by atoms with Crippen LogP contribution < -0.4 is 5.32 Å². The normalized spacial score (nSPS) is 12.1. The molecular formula is C16H23N5OS. The molecule has 2 rings (SSSR count). The number of rotatable bonds is 9. The molecule has 0 saturated heterocycles. The molecule has 6 nitrogen and oxygen atoms in total. The number of hydrogen-bond donors (Lipinski definition) is 1. The molecule has 0 aliphatic heterocycles. The highest BCUT2D eigenvalue weighted by atomic mass is 32.2. The number of para-hydroxylation sites is 1. The molecule has 23 heavy (non-hydrogen) atoms. The molecule has 0 fully saturated rings. The van der Waals surface area contributed by atoms with E-state index in [1.54, 1.807) is 4.68 Å². The van der Waals surface area contributed by atoms with Crippen molar-refractivity contribution in [1.82, 2.24) is 25.5 Å². The van der Waals surface area contributed by atoms with E-state index < -0.39 is 0 Å². The van der Waals surface area contributed by atoms with E-state index in [-0.39, 0.29) is 11.9 Å². The SMILES string of the molecule is CCCCCC(C)NC(=O)CSc1nnnn1-c1ccccc1. The largest absolute Gasteiger partial charge is 0.353 e. The number of carbonyl (C=O) groups is 1. The van der Waals surface area contributed by atoms with Crippen molar-refractivity contribution in [3.63, 3.8) is 0 Å². The molecule has 0 saturated carbocycles. The fourth-order valence-electron chi connectivity index (χ4n) is 2.22. The Balaban J connectivity index is 1.82. The number of thioether (sulfide) groups is 1. The van der Waals surface area contributed by atoms with Gasteiger partial charge in [0.25, 0.3) is 0 Å². The molecule has 0 radical (unpaired) electrons. The molecule has 7 heteroatoms. The van der Waals surface area contributed by atoms with Gasteiger partial charge in [-0.15, -0.1) is 5.10 Å². The number of unbranched alkanes of at least 4 members (excludes halogenated alkanes) is 2. The Hall–Kier alpha value is -1.89. The summed E-state index contributed by atoms with van der Waals surface area (Å²) < 4.78 is 1.64. The Labute approximate surface area is 141 Å². The van der Waals surface area contributed by atoms with E-state index in [4.69, 9.17) is 0 Å². The van der Waals surface area contributed by atoms with Gasteiger partial charge in [-0.3, -0.25) is 4.79 Å². The van der Waals surface area contributed by atoms with E-state index >= 15 is 0 Å². The summed E-state index contributed by atoms with van der Waals surface area (Å²) in [5.74, 6) is 0.326. The van der Waals surface area contributed by atoms with Gasteiger partial charge >= 0.3 is 0 Å². The van der Waals surface area contributed by atoms with Crippen LogP contribution in [-0.2, 0) is 4.79 Å². The third-order valence-electron chi connectivity index (χ3n) is 3.42. The maximum absolute atomic E-state index is 12.0. The van der Waals surface area contributed by atoms with E-state index in [9.17, 15) is 4.79 Å². The van der Waals surface area contributed by atoms with Crippen LogP contribution in [0.25, 0.3) is 5.69 Å². The number of carbonyl (C=O) groups excluding carboxylic acids is 1. The van der Waals surface area contributed by atoms with Crippen LogP contribution in [0.1, 0.15) is 39.5 Å². The van der Waals surface area contributed by atoms with Crippen molar-refractivity contribution >= 4 is 17.7 Å². The molecule has 124 valence electrons. The van der Waals surface area contributed by atoms with Gasteiger partial charge in [0.05, 0.1) is 11.4 Å². The summed E-state index contributed by atoms with van der Waals surface area (Å²) >= 11 is 1.34. The van der Waals surface area contributed by atoms with Gasteiger partial charge in [-0.1, -0.05) is 56.1 Å². The zero-order valence-electron chi connectivity index (χ0n) is 13.6. The van der Waals surface area contributed by atoms with Crippen molar-refractivity contribution in [2.24, 2.45) is 0 Å². The predicted octanol–water partition coefficient (Wildman–Crippen LogP) is 2.84. The van der Waals surface area contributed by atoms with Crippen molar-refractivity contribution in [1.29, 1.82) is 0 Å². The van der Waals surface area contributed by atoms with Gasteiger partial charge in [-0.25, -0.2) is 0 Å². The minimum atomic E-state index is 0.0154. The van der Waals surface area contributed by atoms with E-state index in [1.807, 2.05) is 37.3 Å². The Morgan fingerprint density at radius 1 is 1.30 bits per heavy atom. The number of benzene rings is 1. The monoisotopic (exact) mass is 333 g/mol. The van der Waals surface area contributed by atoms with Crippen LogP contribution in [0.4, 0.5) is 0 Å². The predicted molar refractivity (Wildman–Crippen MR) is 91.6 cm³/mol. The molecule has 1 N–H and O–H groups in total. The standard InChI is InChI=1S/C16H23N5OS/c1-3-4-6-9-13(2)17-15(22)12-23-16-18-19-20-21(16)14-10-7-5-8-11-14/h5,7-8,10-11,13H,3-4,6,9,12H2,1-2H3,(H,17,22). The second-order valence-electron chi connectivity index (χ2n) is 5.46. The van der Waals surface area contributed by atoms with Gasteiger partial charge in [-0.05, 0) is 35.9 Å². The van der Waals surface area contributed by atoms with E-state index in [1.165, 1.54) is 24.6 Å². The fraction of sp³-hybridized carbons (Fsp3) is 0.500. The molecule has 1 aromatic heterocycles. The van der Waals surface area contributed by atoms with Crippen molar-refractivity contribution in [3.8, 4) is 5.69 Å². The Morgan fingerprint density at radius 3 is 2.83 bits per heavy atom. The Kier molecular flexibility index (Phi) is 7.06. The lowest BCUT2D eigenvalue weighted by Crippen LogP contribution is -2.33. The first-order chi connectivity index (χ1) is 11.2. The highest BCUT2D eigenvalue weighted by Crippen LogP contribution is 2.17. The second kappa shape index (κ2) is 9.29. The topological polar surface area (TPSA) is 72.7 Å². The summed E-state index contributed by atoms with van der Waals surface area (Å²) in [7, 11) is 0. The third kappa shape index (κ3) is 5.67. The van der Waals surface area contributed by atoms with E-state index in [2.05, 4.69) is 27.8 Å². The molecule has 0 aliphatic carbocycles. The highest BCUT2D eigenvalue weighted by molar-refractivity contribution is 7.99. The minimum Gasteiger partial charge on any atom is -0.353 e. The summed E-state index contributed by atoms with van der Waals surface area (Å²) in [6.45, 7) is 4.23. The van der Waals surface area contributed by atoms with Crippen LogP contribution in [-0.4, -0.2) is 37.9 Å². The quantitative estimate of drug-likeness (QED) is 0.564. The molecule has 1 heterocycles. The average Bonchev–Trinajstić information content (AvgIpc) is 3.02. The maximum atomic E-state index is 12.0. The molecular weight excluding hydrogens is 310 g/mol. The van der Waals surface area contributed by atoms with Crippen molar-refractivity contribution in [2.45, 2.75) is 50.7 Å². The van der Waals surface area contributed by atoms with Crippen LogP contribution in [0.15, 0.2) is 35.5 Å². The third-order valence-corrected chi connectivity index (χ3v) is 4.34. The lowest BCUT2D eigenvalue weighted by molar-refractivity contribution is -0.119. The van der Waals surface area contributed by atoms with Crippen LogP contribution in [0.2, 0.25) is 0 Å². The van der Waals surface area contributed by atoms with Gasteiger partial charge in [0, 0.05) is 6.04 Å². The first-order valence-corrected chi connectivity index (χ1v) is 8.95. The molecule has 0 aliphatic rings. The number of tetrazole rings is 1. The van der Waals surface area contributed by atoms with E-state index in [0.29, 0.717) is 10.9 Å². The van der Waals surface area contributed by atoms with Gasteiger partial charge in [0.2, 0.25) is 11.1 Å². The zero-order valence-corrected chi connectivity index (χ0v) is 14.4. The fourth-order valence-corrected chi connectivity index (χ4v) is 2.92. The van der Waals surface area contributed by atoms with Crippen LogP contribution in [0.5, 0.6) is 0 Å². The molecule has 1 unspecified atom stereocenters. The molecule has 2 aromatic rings. The molecule has 1 aromatic carbocycles. The summed E-state index contributed by atoms with van der Waals surface area (Å²) in [5.41, 5.74) is 0.883. The van der Waals surface area contributed by atoms with Crippen molar-refractivity contribution in [2.75, 3.05) is 5.75 Å². The van der Waals surface area contributed by atoms with Crippen LogP contribution in [0, 0.1) is 0 Å². The van der Waals surface area contributed by atoms with Crippen LogP contribution >= 0.6 is 11.8 Å². The number of nitrogens with zero attached hydrogens (tertiary/aromatic N) is 4. The van der Waals surface area contributed by atoms with Crippen LogP contribution in [0.3, 0.4) is 0 Å². The van der Waals surface area contributed by atoms with Crippen molar-refractivity contribution in [3.05, 3.63) is 30.3 Å². The average molecular weight is 333 g/mol. The van der Waals surface area contributed by atoms with Gasteiger partial charge in [0.15, 0.2) is 0 Å². The number of nitrogens with one attached hydrogen (secondary N) is 1. The summed E-state index contributed by atoms with van der Waals surface area (Å²) in [6.07, 6.45) is 4.57.